The average Bonchev–Trinajstić information content (AvgIpc) is 2.67. The topological polar surface area (TPSA) is 90.3 Å². The molecule has 0 saturated carbocycles. The van der Waals surface area contributed by atoms with Crippen LogP contribution < -0.4 is 4.74 Å². The van der Waals surface area contributed by atoms with E-state index in [2.05, 4.69) is 20.2 Å². The second kappa shape index (κ2) is 7.33. The summed E-state index contributed by atoms with van der Waals surface area (Å²) in [5.41, 5.74) is 0.366. The lowest BCUT2D eigenvalue weighted by Gasteiger charge is -2.53. The van der Waals surface area contributed by atoms with Crippen LogP contribution in [-0.4, -0.2) is 62.9 Å². The lowest BCUT2D eigenvalue weighted by molar-refractivity contribution is -0.166. The maximum atomic E-state index is 12.4. The molecule has 1 unspecified atom stereocenters. The molecule has 4 heterocycles. The molecule has 136 valence electrons. The Labute approximate surface area is 151 Å². The van der Waals surface area contributed by atoms with Crippen molar-refractivity contribution in [1.82, 2.24) is 25.1 Å². The molecule has 2 aromatic heterocycles. The zero-order chi connectivity index (χ0) is 17.8. The van der Waals surface area contributed by atoms with Gasteiger partial charge in [0.2, 0.25) is 5.88 Å². The minimum atomic E-state index is -0.203. The van der Waals surface area contributed by atoms with Gasteiger partial charge in [0.15, 0.2) is 0 Å². The van der Waals surface area contributed by atoms with Crippen LogP contribution in [0.3, 0.4) is 0 Å². The highest BCUT2D eigenvalue weighted by atomic mass is 16.5. The second-order valence-electron chi connectivity index (χ2n) is 6.86. The van der Waals surface area contributed by atoms with Gasteiger partial charge in [0.25, 0.3) is 5.91 Å². The number of nitrogens with zero attached hydrogens (tertiary/aromatic N) is 5. The summed E-state index contributed by atoms with van der Waals surface area (Å²) in [7, 11) is 0. The maximum Gasteiger partial charge on any atom is 0.255 e. The molecule has 2 aliphatic heterocycles. The third-order valence-electron chi connectivity index (χ3n) is 4.99. The van der Waals surface area contributed by atoms with E-state index in [0.29, 0.717) is 37.1 Å². The molecule has 2 aromatic rings. The van der Waals surface area contributed by atoms with Gasteiger partial charge in [-0.3, -0.25) is 9.78 Å². The molecule has 1 amide bonds. The molecule has 2 saturated heterocycles. The van der Waals surface area contributed by atoms with Gasteiger partial charge in [-0.15, -0.1) is 0 Å². The number of ether oxygens (including phenoxy) is 2. The number of hydrogen-bond acceptors (Lipinski definition) is 7. The first-order chi connectivity index (χ1) is 12.7. The first-order valence-electron chi connectivity index (χ1n) is 8.83. The Kier molecular flexibility index (Phi) is 4.75. The first kappa shape index (κ1) is 16.8. The van der Waals surface area contributed by atoms with Gasteiger partial charge in [-0.1, -0.05) is 0 Å². The van der Waals surface area contributed by atoms with E-state index < -0.39 is 0 Å². The molecule has 0 aliphatic carbocycles. The Hall–Kier alpha value is -2.61. The molecule has 0 aromatic carbocycles. The van der Waals surface area contributed by atoms with E-state index in [0.717, 1.165) is 25.9 Å². The van der Waals surface area contributed by atoms with Crippen LogP contribution in [0.15, 0.2) is 37.1 Å². The summed E-state index contributed by atoms with van der Waals surface area (Å²) in [6, 6.07) is 1.69. The molecule has 8 heteroatoms. The number of carbonyl (C=O) groups is 1. The normalized spacial score (nSPS) is 21.2. The Morgan fingerprint density at radius 3 is 2.96 bits per heavy atom. The van der Waals surface area contributed by atoms with Crippen LogP contribution in [0.2, 0.25) is 0 Å². The van der Waals surface area contributed by atoms with Gasteiger partial charge >= 0.3 is 0 Å². The van der Waals surface area contributed by atoms with Crippen molar-refractivity contribution >= 4 is 5.91 Å². The molecular weight excluding hydrogens is 334 g/mol. The highest BCUT2D eigenvalue weighted by Crippen LogP contribution is 2.38. The first-order valence-corrected chi connectivity index (χ1v) is 8.83. The molecule has 0 radical (unpaired) electrons. The van der Waals surface area contributed by atoms with Crippen LogP contribution >= 0.6 is 0 Å². The zero-order valence-electron chi connectivity index (χ0n) is 14.5. The number of carbonyl (C=O) groups excluding carboxylic acids is 1. The number of amides is 1. The van der Waals surface area contributed by atoms with E-state index >= 15 is 0 Å². The number of rotatable bonds is 5. The molecule has 0 N–H and O–H groups in total. The minimum absolute atomic E-state index is 0.0118. The van der Waals surface area contributed by atoms with E-state index in [-0.39, 0.29) is 11.5 Å². The lowest BCUT2D eigenvalue weighted by Crippen LogP contribution is -2.66. The Bertz CT molecular complexity index is 737. The standard InChI is InChI=1S/C18H21N5O3/c24-17(15-1-4-21-22-10-15)23-12-18(13-23)9-14(3-8-26-18)2-7-25-16-11-19-5-6-20-16/h1,4-6,10-11,14H,2-3,7-9,12-13H2. The summed E-state index contributed by atoms with van der Waals surface area (Å²) in [5, 5.41) is 7.48. The van der Waals surface area contributed by atoms with Crippen molar-refractivity contribution in [1.29, 1.82) is 0 Å². The SMILES string of the molecule is O=C(c1ccnnc1)N1CC2(CC(CCOc3cnccn3)CCO2)C1. The largest absolute Gasteiger partial charge is 0.477 e. The quantitative estimate of drug-likeness (QED) is 0.800. The predicted octanol–water partition coefficient (Wildman–Crippen LogP) is 1.36. The van der Waals surface area contributed by atoms with Crippen molar-refractivity contribution in [2.45, 2.75) is 24.9 Å². The highest BCUT2D eigenvalue weighted by molar-refractivity contribution is 5.94. The molecule has 26 heavy (non-hydrogen) atoms. The van der Waals surface area contributed by atoms with Crippen LogP contribution in [0, 0.1) is 5.92 Å². The van der Waals surface area contributed by atoms with E-state index in [9.17, 15) is 4.79 Å². The smallest absolute Gasteiger partial charge is 0.255 e. The van der Waals surface area contributed by atoms with Gasteiger partial charge in [-0.05, 0) is 31.2 Å². The van der Waals surface area contributed by atoms with Crippen LogP contribution in [0.4, 0.5) is 0 Å². The zero-order valence-corrected chi connectivity index (χ0v) is 14.5. The van der Waals surface area contributed by atoms with E-state index in [1.54, 1.807) is 24.7 Å². The maximum absolute atomic E-state index is 12.4. The van der Waals surface area contributed by atoms with Crippen molar-refractivity contribution in [2.24, 2.45) is 5.92 Å². The molecule has 2 aliphatic rings. The molecule has 2 fully saturated rings. The predicted molar refractivity (Wildman–Crippen MR) is 91.5 cm³/mol. The molecule has 1 spiro atoms. The minimum Gasteiger partial charge on any atom is -0.477 e. The van der Waals surface area contributed by atoms with Crippen LogP contribution in [0.25, 0.3) is 0 Å². The van der Waals surface area contributed by atoms with Gasteiger partial charge < -0.3 is 14.4 Å². The number of hydrogen-bond donors (Lipinski definition) is 0. The molecule has 1 atom stereocenters. The van der Waals surface area contributed by atoms with Crippen molar-refractivity contribution in [3.63, 3.8) is 0 Å². The summed E-state index contributed by atoms with van der Waals surface area (Å²) in [6.07, 6.45) is 10.8. The van der Waals surface area contributed by atoms with Gasteiger partial charge in [-0.25, -0.2) is 4.98 Å². The third-order valence-corrected chi connectivity index (χ3v) is 4.99. The van der Waals surface area contributed by atoms with Crippen molar-refractivity contribution in [2.75, 3.05) is 26.3 Å². The van der Waals surface area contributed by atoms with E-state index in [1.807, 2.05) is 4.90 Å². The third kappa shape index (κ3) is 3.65. The van der Waals surface area contributed by atoms with Crippen LogP contribution in [0.5, 0.6) is 5.88 Å². The Morgan fingerprint density at radius 1 is 1.27 bits per heavy atom. The molecule has 8 nitrogen and oxygen atoms in total. The highest BCUT2D eigenvalue weighted by Gasteiger charge is 2.49. The Balaban J connectivity index is 1.26. The second-order valence-corrected chi connectivity index (χ2v) is 6.86. The van der Waals surface area contributed by atoms with Crippen molar-refractivity contribution < 1.29 is 14.3 Å². The summed E-state index contributed by atoms with van der Waals surface area (Å²) in [4.78, 5) is 22.4. The van der Waals surface area contributed by atoms with Crippen LogP contribution in [0.1, 0.15) is 29.6 Å². The van der Waals surface area contributed by atoms with Gasteiger partial charge in [0.1, 0.15) is 5.60 Å². The summed E-state index contributed by atoms with van der Waals surface area (Å²) in [6.45, 7) is 2.62. The Morgan fingerprint density at radius 2 is 2.19 bits per heavy atom. The van der Waals surface area contributed by atoms with E-state index in [1.165, 1.54) is 12.4 Å². The monoisotopic (exact) mass is 355 g/mol. The van der Waals surface area contributed by atoms with Gasteiger partial charge in [0.05, 0.1) is 43.9 Å². The molecule has 0 bridgehead atoms. The lowest BCUT2D eigenvalue weighted by atomic mass is 9.79. The number of aromatic nitrogens is 4. The van der Waals surface area contributed by atoms with E-state index in [4.69, 9.17) is 9.47 Å². The fourth-order valence-corrected chi connectivity index (χ4v) is 3.68. The number of likely N-dealkylation sites (tertiary alicyclic amines) is 1. The summed E-state index contributed by atoms with van der Waals surface area (Å²) >= 11 is 0. The fourth-order valence-electron chi connectivity index (χ4n) is 3.68. The van der Waals surface area contributed by atoms with Gasteiger partial charge in [-0.2, -0.15) is 10.2 Å². The van der Waals surface area contributed by atoms with Gasteiger partial charge in [0, 0.05) is 19.0 Å². The summed E-state index contributed by atoms with van der Waals surface area (Å²) < 4.78 is 11.7. The molecule has 4 rings (SSSR count). The van der Waals surface area contributed by atoms with Crippen LogP contribution in [-0.2, 0) is 4.74 Å². The summed E-state index contributed by atoms with van der Waals surface area (Å²) in [5.74, 6) is 1.07. The average molecular weight is 355 g/mol. The fraction of sp³-hybridized carbons (Fsp3) is 0.500. The molecular formula is C18H21N5O3. The van der Waals surface area contributed by atoms with Crippen molar-refractivity contribution in [3.8, 4) is 5.88 Å². The van der Waals surface area contributed by atoms with Crippen molar-refractivity contribution in [3.05, 3.63) is 42.6 Å².